The maximum Gasteiger partial charge on any atom is 0.150 e. The van der Waals surface area contributed by atoms with Gasteiger partial charge in [-0.05, 0) is 30.6 Å². The molecule has 94 valence electrons. The van der Waals surface area contributed by atoms with E-state index < -0.39 is 9.84 Å². The zero-order valence-electron chi connectivity index (χ0n) is 9.87. The van der Waals surface area contributed by atoms with Gasteiger partial charge in [-0.1, -0.05) is 0 Å². The highest BCUT2D eigenvalue weighted by molar-refractivity contribution is 7.91. The Labute approximate surface area is 97.7 Å². The molecule has 2 rings (SSSR count). The molecule has 0 saturated carbocycles. The quantitative estimate of drug-likeness (QED) is 0.716. The van der Waals surface area contributed by atoms with E-state index in [9.17, 15) is 8.42 Å². The molecule has 0 aromatic heterocycles. The average Bonchev–Trinajstić information content (AvgIpc) is 2.51. The molecule has 1 unspecified atom stereocenters. The fourth-order valence-corrected chi connectivity index (χ4v) is 4.91. The molecule has 0 aromatic rings. The molecule has 1 N–H and O–H groups in total. The molecular weight excluding hydrogens is 226 g/mol. The van der Waals surface area contributed by atoms with Crippen LogP contribution in [0.4, 0.5) is 0 Å². The average molecular weight is 247 g/mol. The van der Waals surface area contributed by atoms with Gasteiger partial charge < -0.3 is 10.1 Å². The first-order valence-corrected chi connectivity index (χ1v) is 7.80. The first-order chi connectivity index (χ1) is 7.58. The van der Waals surface area contributed by atoms with E-state index in [4.69, 9.17) is 4.74 Å². The van der Waals surface area contributed by atoms with Gasteiger partial charge in [-0.15, -0.1) is 0 Å². The minimum Gasteiger partial charge on any atom is -0.385 e. The second kappa shape index (κ2) is 4.63. The second-order valence-corrected chi connectivity index (χ2v) is 7.39. The van der Waals surface area contributed by atoms with E-state index in [1.54, 1.807) is 7.11 Å². The summed E-state index contributed by atoms with van der Waals surface area (Å²) in [5.41, 5.74) is 0.238. The number of hydrogen-bond donors (Lipinski definition) is 1. The third-order valence-corrected chi connectivity index (χ3v) is 5.84. The Morgan fingerprint density at radius 2 is 2.19 bits per heavy atom. The van der Waals surface area contributed by atoms with Gasteiger partial charge in [0, 0.05) is 26.8 Å². The van der Waals surface area contributed by atoms with Gasteiger partial charge in [0.25, 0.3) is 0 Å². The molecular formula is C11H21NO3S. The Morgan fingerprint density at radius 3 is 2.62 bits per heavy atom. The van der Waals surface area contributed by atoms with Crippen LogP contribution in [-0.4, -0.2) is 46.7 Å². The SMILES string of the molecule is COCCCC1(C2CCS(=O)(=O)C2)CNC1. The molecule has 0 spiro atoms. The minimum absolute atomic E-state index is 0.238. The highest BCUT2D eigenvalue weighted by atomic mass is 32.2. The van der Waals surface area contributed by atoms with Crippen LogP contribution in [0.2, 0.25) is 0 Å². The molecule has 0 bridgehead atoms. The lowest BCUT2D eigenvalue weighted by Gasteiger charge is -2.47. The summed E-state index contributed by atoms with van der Waals surface area (Å²) in [6.07, 6.45) is 2.99. The van der Waals surface area contributed by atoms with Crippen molar-refractivity contribution < 1.29 is 13.2 Å². The van der Waals surface area contributed by atoms with Gasteiger partial charge in [-0.25, -0.2) is 8.42 Å². The largest absolute Gasteiger partial charge is 0.385 e. The van der Waals surface area contributed by atoms with Crippen LogP contribution in [0, 0.1) is 11.3 Å². The normalized spacial score (nSPS) is 31.2. The monoisotopic (exact) mass is 247 g/mol. The standard InChI is InChI=1S/C11H21NO3S/c1-15-5-2-4-11(8-12-9-11)10-3-6-16(13,14)7-10/h10,12H,2-9H2,1H3. The molecule has 0 radical (unpaired) electrons. The van der Waals surface area contributed by atoms with Crippen LogP contribution in [0.1, 0.15) is 19.3 Å². The van der Waals surface area contributed by atoms with Crippen LogP contribution in [0.5, 0.6) is 0 Å². The topological polar surface area (TPSA) is 55.4 Å². The third kappa shape index (κ3) is 2.41. The summed E-state index contributed by atoms with van der Waals surface area (Å²) in [5, 5.41) is 3.30. The highest BCUT2D eigenvalue weighted by Crippen LogP contribution is 2.42. The van der Waals surface area contributed by atoms with Crippen LogP contribution in [-0.2, 0) is 14.6 Å². The highest BCUT2D eigenvalue weighted by Gasteiger charge is 2.47. The van der Waals surface area contributed by atoms with Crippen molar-refractivity contribution in [3.63, 3.8) is 0 Å². The van der Waals surface area contributed by atoms with Crippen LogP contribution in [0.3, 0.4) is 0 Å². The van der Waals surface area contributed by atoms with Crippen molar-refractivity contribution in [2.45, 2.75) is 19.3 Å². The predicted octanol–water partition coefficient (Wildman–Crippen LogP) is 0.437. The molecule has 2 heterocycles. The van der Waals surface area contributed by atoms with Crippen molar-refractivity contribution in [1.82, 2.24) is 5.32 Å². The van der Waals surface area contributed by atoms with Gasteiger partial charge in [0.05, 0.1) is 11.5 Å². The lowest BCUT2D eigenvalue weighted by molar-refractivity contribution is 0.0656. The fourth-order valence-electron chi connectivity index (χ4n) is 2.96. The second-order valence-electron chi connectivity index (χ2n) is 5.16. The van der Waals surface area contributed by atoms with Gasteiger partial charge in [-0.2, -0.15) is 0 Å². The molecule has 5 heteroatoms. The summed E-state index contributed by atoms with van der Waals surface area (Å²) in [4.78, 5) is 0. The summed E-state index contributed by atoms with van der Waals surface area (Å²) >= 11 is 0. The smallest absolute Gasteiger partial charge is 0.150 e. The molecule has 0 aliphatic carbocycles. The molecule has 2 saturated heterocycles. The van der Waals surface area contributed by atoms with Crippen molar-refractivity contribution in [1.29, 1.82) is 0 Å². The Morgan fingerprint density at radius 1 is 1.44 bits per heavy atom. The molecule has 2 fully saturated rings. The van der Waals surface area contributed by atoms with Crippen molar-refractivity contribution in [2.24, 2.45) is 11.3 Å². The summed E-state index contributed by atoms with van der Waals surface area (Å²) < 4.78 is 28.1. The van der Waals surface area contributed by atoms with Crippen molar-refractivity contribution in [2.75, 3.05) is 38.3 Å². The van der Waals surface area contributed by atoms with Crippen LogP contribution in [0.15, 0.2) is 0 Å². The Balaban J connectivity index is 1.94. The number of ether oxygens (including phenoxy) is 1. The Bertz CT molecular complexity index is 335. The van der Waals surface area contributed by atoms with Gasteiger partial charge in [0.15, 0.2) is 9.84 Å². The van der Waals surface area contributed by atoms with Crippen LogP contribution < -0.4 is 5.32 Å². The summed E-state index contributed by atoms with van der Waals surface area (Å²) in [6.45, 7) is 2.75. The van der Waals surface area contributed by atoms with Crippen LogP contribution in [0.25, 0.3) is 0 Å². The number of methoxy groups -OCH3 is 1. The molecule has 2 aliphatic heterocycles. The summed E-state index contributed by atoms with van der Waals surface area (Å²) in [6, 6.07) is 0. The predicted molar refractivity (Wildman–Crippen MR) is 63.2 cm³/mol. The van der Waals surface area contributed by atoms with Crippen molar-refractivity contribution in [3.05, 3.63) is 0 Å². The van der Waals surface area contributed by atoms with E-state index in [1.165, 1.54) is 0 Å². The molecule has 0 amide bonds. The molecule has 2 aliphatic rings. The maximum absolute atomic E-state index is 11.5. The number of hydrogen-bond acceptors (Lipinski definition) is 4. The molecule has 0 aromatic carbocycles. The van der Waals surface area contributed by atoms with Gasteiger partial charge in [0.2, 0.25) is 0 Å². The maximum atomic E-state index is 11.5. The Hall–Kier alpha value is -0.130. The van der Waals surface area contributed by atoms with E-state index >= 15 is 0 Å². The van der Waals surface area contributed by atoms with E-state index in [-0.39, 0.29) is 5.41 Å². The molecule has 16 heavy (non-hydrogen) atoms. The van der Waals surface area contributed by atoms with E-state index in [0.29, 0.717) is 17.4 Å². The van der Waals surface area contributed by atoms with Crippen molar-refractivity contribution >= 4 is 9.84 Å². The molecule has 4 nitrogen and oxygen atoms in total. The number of nitrogens with one attached hydrogen (secondary N) is 1. The van der Waals surface area contributed by atoms with Gasteiger partial charge in [-0.3, -0.25) is 0 Å². The van der Waals surface area contributed by atoms with E-state index in [0.717, 1.165) is 39.0 Å². The Kier molecular flexibility index (Phi) is 3.56. The third-order valence-electron chi connectivity index (χ3n) is 4.08. The minimum atomic E-state index is -2.74. The van der Waals surface area contributed by atoms with E-state index in [1.807, 2.05) is 0 Å². The lowest BCUT2D eigenvalue weighted by Crippen LogP contribution is -2.57. The number of sulfone groups is 1. The van der Waals surface area contributed by atoms with E-state index in [2.05, 4.69) is 5.32 Å². The zero-order valence-corrected chi connectivity index (χ0v) is 10.7. The van der Waals surface area contributed by atoms with Crippen LogP contribution >= 0.6 is 0 Å². The summed E-state index contributed by atoms with van der Waals surface area (Å²) in [5.74, 6) is 1.17. The van der Waals surface area contributed by atoms with Crippen molar-refractivity contribution in [3.8, 4) is 0 Å². The first kappa shape index (κ1) is 12.3. The van der Waals surface area contributed by atoms with Gasteiger partial charge >= 0.3 is 0 Å². The zero-order chi connectivity index (χ0) is 11.6. The molecule has 1 atom stereocenters. The first-order valence-electron chi connectivity index (χ1n) is 5.98. The lowest BCUT2D eigenvalue weighted by atomic mass is 9.67. The number of rotatable bonds is 5. The van der Waals surface area contributed by atoms with Gasteiger partial charge in [0.1, 0.15) is 0 Å². The fraction of sp³-hybridized carbons (Fsp3) is 1.00. The summed E-state index contributed by atoms with van der Waals surface area (Å²) in [7, 11) is -1.03.